The lowest BCUT2D eigenvalue weighted by atomic mass is 9.97. The molecule has 1 aromatic carbocycles. The van der Waals surface area contributed by atoms with Crippen molar-refractivity contribution in [1.29, 1.82) is 0 Å². The summed E-state index contributed by atoms with van der Waals surface area (Å²) in [6, 6.07) is 5.80. The zero-order valence-corrected chi connectivity index (χ0v) is 18.2. The van der Waals surface area contributed by atoms with Crippen LogP contribution in [0.4, 0.5) is 10.5 Å². The summed E-state index contributed by atoms with van der Waals surface area (Å²) in [6.07, 6.45) is 2.71. The van der Waals surface area contributed by atoms with Gasteiger partial charge in [0.15, 0.2) is 9.84 Å². The first-order valence-electron chi connectivity index (χ1n) is 9.54. The van der Waals surface area contributed by atoms with Crippen LogP contribution in [-0.2, 0) is 14.6 Å². The van der Waals surface area contributed by atoms with Crippen LogP contribution >= 0.6 is 0 Å². The largest absolute Gasteiger partial charge is 0.444 e. The number of rotatable bonds is 3. The van der Waals surface area contributed by atoms with Crippen LogP contribution in [0.1, 0.15) is 54.7 Å². The molecule has 2 N–H and O–H groups in total. The van der Waals surface area contributed by atoms with Crippen LogP contribution in [-0.4, -0.2) is 36.8 Å². The van der Waals surface area contributed by atoms with Crippen molar-refractivity contribution in [2.24, 2.45) is 0 Å². The molecule has 8 nitrogen and oxygen atoms in total. The number of nitrogens with zero attached hydrogens (tertiary/aromatic N) is 1. The number of anilines is 1. The van der Waals surface area contributed by atoms with E-state index in [0.29, 0.717) is 16.8 Å². The molecule has 0 saturated carbocycles. The number of aromatic nitrogens is 1. The number of carbonyl (C=O) groups excluding carboxylic acids is 2. The monoisotopic (exact) mass is 431 g/mol. The predicted molar refractivity (Wildman–Crippen MR) is 112 cm³/mol. The first kappa shape index (κ1) is 21.8. The molecule has 1 aliphatic rings. The van der Waals surface area contributed by atoms with E-state index in [4.69, 9.17) is 4.74 Å². The fourth-order valence-electron chi connectivity index (χ4n) is 3.27. The van der Waals surface area contributed by atoms with Crippen molar-refractivity contribution in [1.82, 2.24) is 10.3 Å². The van der Waals surface area contributed by atoms with Gasteiger partial charge in [0.05, 0.1) is 16.7 Å². The van der Waals surface area contributed by atoms with E-state index in [2.05, 4.69) is 15.6 Å². The minimum absolute atomic E-state index is 0.0558. The van der Waals surface area contributed by atoms with E-state index in [0.717, 1.165) is 0 Å². The van der Waals surface area contributed by atoms with Gasteiger partial charge in [-0.3, -0.25) is 9.78 Å². The van der Waals surface area contributed by atoms with Gasteiger partial charge in [-0.2, -0.15) is 0 Å². The van der Waals surface area contributed by atoms with E-state index in [9.17, 15) is 18.0 Å². The molecule has 1 aliphatic heterocycles. The van der Waals surface area contributed by atoms with Crippen LogP contribution in [0.2, 0.25) is 0 Å². The molecule has 1 aromatic heterocycles. The average Bonchev–Trinajstić information content (AvgIpc) is 2.63. The molecule has 2 aromatic rings. The van der Waals surface area contributed by atoms with Crippen molar-refractivity contribution < 1.29 is 22.7 Å². The molecular formula is C21H25N3O5S. The van der Waals surface area contributed by atoms with Crippen LogP contribution < -0.4 is 10.6 Å². The first-order chi connectivity index (χ1) is 14.0. The summed E-state index contributed by atoms with van der Waals surface area (Å²) in [7, 11) is -3.57. The van der Waals surface area contributed by atoms with Gasteiger partial charge in [0.1, 0.15) is 5.60 Å². The Balaban J connectivity index is 1.93. The Hall–Kier alpha value is -2.94. The van der Waals surface area contributed by atoms with Crippen molar-refractivity contribution in [3.05, 3.63) is 53.3 Å². The highest BCUT2D eigenvalue weighted by Gasteiger charge is 2.33. The number of amides is 2. The molecule has 1 atom stereocenters. The summed E-state index contributed by atoms with van der Waals surface area (Å²) in [5.41, 5.74) is 1.21. The number of alkyl carbamates (subject to hydrolysis) is 1. The van der Waals surface area contributed by atoms with E-state index in [1.807, 2.05) is 0 Å². The summed E-state index contributed by atoms with van der Waals surface area (Å²) in [6.45, 7) is 6.99. The molecular weight excluding hydrogens is 406 g/mol. The minimum Gasteiger partial charge on any atom is -0.444 e. The number of ether oxygens (including phenoxy) is 1. The molecule has 0 saturated heterocycles. The topological polar surface area (TPSA) is 114 Å². The van der Waals surface area contributed by atoms with E-state index in [1.54, 1.807) is 58.3 Å². The van der Waals surface area contributed by atoms with Crippen molar-refractivity contribution >= 4 is 27.5 Å². The van der Waals surface area contributed by atoms with Gasteiger partial charge >= 0.3 is 6.09 Å². The Morgan fingerprint density at radius 2 is 1.83 bits per heavy atom. The summed E-state index contributed by atoms with van der Waals surface area (Å²) >= 11 is 0. The fourth-order valence-corrected chi connectivity index (χ4v) is 4.89. The number of fused-ring (bicyclic) bond motifs is 1. The maximum absolute atomic E-state index is 12.7. The van der Waals surface area contributed by atoms with Gasteiger partial charge in [0.25, 0.3) is 5.91 Å². The molecule has 2 heterocycles. The lowest BCUT2D eigenvalue weighted by molar-refractivity contribution is 0.0500. The maximum atomic E-state index is 12.7. The van der Waals surface area contributed by atoms with Gasteiger partial charge in [-0.1, -0.05) is 6.07 Å². The Morgan fingerprint density at radius 1 is 1.17 bits per heavy atom. The second kappa shape index (κ2) is 8.06. The van der Waals surface area contributed by atoms with E-state index in [-0.39, 0.29) is 22.6 Å². The second-order valence-corrected chi connectivity index (χ2v) is 10.3. The Morgan fingerprint density at radius 3 is 2.47 bits per heavy atom. The highest BCUT2D eigenvalue weighted by atomic mass is 32.2. The minimum atomic E-state index is -3.57. The maximum Gasteiger partial charge on any atom is 0.408 e. The first-order valence-corrected chi connectivity index (χ1v) is 11.2. The average molecular weight is 432 g/mol. The van der Waals surface area contributed by atoms with Gasteiger partial charge in [0.2, 0.25) is 0 Å². The van der Waals surface area contributed by atoms with Crippen LogP contribution in [0.5, 0.6) is 0 Å². The highest BCUT2D eigenvalue weighted by Crippen LogP contribution is 2.34. The third-order valence-corrected chi connectivity index (χ3v) is 6.41. The number of hydrogen-bond acceptors (Lipinski definition) is 6. The van der Waals surface area contributed by atoms with Gasteiger partial charge in [-0.05, 0) is 63.4 Å². The molecule has 0 spiro atoms. The number of carbonyl (C=O) groups is 2. The molecule has 0 radical (unpaired) electrons. The van der Waals surface area contributed by atoms with Gasteiger partial charge < -0.3 is 15.4 Å². The quantitative estimate of drug-likeness (QED) is 0.770. The second-order valence-electron chi connectivity index (χ2n) is 8.20. The standard InChI is InChI=1S/C21H25N3O5S/c1-13-11-16-17(24-20(26)29-21(2,3)4)7-10-30(27,28)18(16)12-15(13)19(25)23-14-5-8-22-9-6-14/h5-6,8-9,11-12,17H,7,10H2,1-4H3,(H,24,26)(H,22,23,25). The molecule has 0 aliphatic carbocycles. The number of sulfone groups is 1. The highest BCUT2D eigenvalue weighted by molar-refractivity contribution is 7.91. The van der Waals surface area contributed by atoms with E-state index in [1.165, 1.54) is 6.07 Å². The van der Waals surface area contributed by atoms with Crippen LogP contribution in [0.25, 0.3) is 0 Å². The molecule has 9 heteroatoms. The smallest absolute Gasteiger partial charge is 0.408 e. The number of pyridine rings is 1. The summed E-state index contributed by atoms with van der Waals surface area (Å²) in [4.78, 5) is 28.9. The lowest BCUT2D eigenvalue weighted by Gasteiger charge is -2.29. The Labute approximate surface area is 176 Å². The van der Waals surface area contributed by atoms with Crippen molar-refractivity contribution in [3.63, 3.8) is 0 Å². The van der Waals surface area contributed by atoms with Gasteiger partial charge in [0, 0.05) is 23.6 Å². The number of aryl methyl sites for hydroxylation is 1. The summed E-state index contributed by atoms with van der Waals surface area (Å²) in [5, 5.41) is 5.49. The van der Waals surface area contributed by atoms with Crippen molar-refractivity contribution in [2.45, 2.75) is 50.7 Å². The van der Waals surface area contributed by atoms with Crippen LogP contribution in [0.15, 0.2) is 41.6 Å². The third-order valence-electron chi connectivity index (χ3n) is 4.62. The molecule has 3 rings (SSSR count). The predicted octanol–water partition coefficient (Wildman–Crippen LogP) is 3.39. The van der Waals surface area contributed by atoms with E-state index >= 15 is 0 Å². The third kappa shape index (κ3) is 4.96. The van der Waals surface area contributed by atoms with E-state index < -0.39 is 33.5 Å². The number of nitrogens with one attached hydrogen (secondary N) is 2. The Kier molecular flexibility index (Phi) is 5.85. The normalized spacial score (nSPS) is 17.5. The molecule has 0 fully saturated rings. The van der Waals surface area contributed by atoms with Gasteiger partial charge in [-0.15, -0.1) is 0 Å². The van der Waals surface area contributed by atoms with Crippen LogP contribution in [0, 0.1) is 6.92 Å². The molecule has 30 heavy (non-hydrogen) atoms. The molecule has 2 amide bonds. The van der Waals surface area contributed by atoms with Crippen molar-refractivity contribution in [3.8, 4) is 0 Å². The Bertz CT molecular complexity index is 1080. The van der Waals surface area contributed by atoms with Gasteiger partial charge in [-0.25, -0.2) is 13.2 Å². The summed E-state index contributed by atoms with van der Waals surface area (Å²) in [5.74, 6) is -0.548. The zero-order chi connectivity index (χ0) is 22.1. The SMILES string of the molecule is Cc1cc2c(cc1C(=O)Nc1ccncc1)S(=O)(=O)CCC2NC(=O)OC(C)(C)C. The summed E-state index contributed by atoms with van der Waals surface area (Å²) < 4.78 is 30.7. The zero-order valence-electron chi connectivity index (χ0n) is 17.4. The van der Waals surface area contributed by atoms with Crippen LogP contribution in [0.3, 0.4) is 0 Å². The lowest BCUT2D eigenvalue weighted by Crippen LogP contribution is -2.38. The molecule has 1 unspecified atom stereocenters. The van der Waals surface area contributed by atoms with Crippen molar-refractivity contribution in [2.75, 3.05) is 11.1 Å². The number of hydrogen-bond donors (Lipinski definition) is 2. The molecule has 160 valence electrons. The molecule has 0 bridgehead atoms. The fraction of sp³-hybridized carbons (Fsp3) is 0.381. The number of benzene rings is 1.